The summed E-state index contributed by atoms with van der Waals surface area (Å²) in [7, 11) is 0. The van der Waals surface area contributed by atoms with Gasteiger partial charge in [0.1, 0.15) is 0 Å². The lowest BCUT2D eigenvalue weighted by Crippen LogP contribution is -2.33. The molecule has 8 heteroatoms. The van der Waals surface area contributed by atoms with E-state index >= 15 is 0 Å². The van der Waals surface area contributed by atoms with Gasteiger partial charge in [0.2, 0.25) is 11.6 Å². The van der Waals surface area contributed by atoms with Crippen LogP contribution in [0, 0.1) is 0 Å². The van der Waals surface area contributed by atoms with Crippen LogP contribution in [0.1, 0.15) is 12.8 Å². The summed E-state index contributed by atoms with van der Waals surface area (Å²) in [5, 5.41) is 16.9. The van der Waals surface area contributed by atoms with Crippen molar-refractivity contribution >= 4 is 12.3 Å². The van der Waals surface area contributed by atoms with E-state index in [1.807, 2.05) is 0 Å². The van der Waals surface area contributed by atoms with E-state index < -0.39 is 23.9 Å². The fraction of sp³-hybridized carbons (Fsp3) is 0.500. The number of hydrogen-bond acceptors (Lipinski definition) is 5. The second-order valence-electron chi connectivity index (χ2n) is 3.30. The molecule has 0 spiro atoms. The average Bonchev–Trinajstić information content (AvgIpc) is 2.56. The molecular weight excluding hydrogens is 224 g/mol. The van der Waals surface area contributed by atoms with Crippen LogP contribution in [0.2, 0.25) is 0 Å². The van der Waals surface area contributed by atoms with Gasteiger partial charge in [-0.2, -0.15) is 0 Å². The zero-order chi connectivity index (χ0) is 11.1. The zero-order valence-electron chi connectivity index (χ0n) is 8.00. The summed E-state index contributed by atoms with van der Waals surface area (Å²) in [5.74, 6) is -2.78. The van der Waals surface area contributed by atoms with E-state index in [1.54, 1.807) is 0 Å². The molecule has 2 rings (SSSR count). The molecule has 4 N–H and O–H groups in total. The van der Waals surface area contributed by atoms with Crippen molar-refractivity contribution in [3.63, 3.8) is 0 Å². The van der Waals surface area contributed by atoms with Gasteiger partial charge < -0.3 is 25.2 Å². The summed E-state index contributed by atoms with van der Waals surface area (Å²) >= 11 is 0. The lowest BCUT2D eigenvalue weighted by molar-refractivity contribution is -0.235. The van der Waals surface area contributed by atoms with E-state index in [1.165, 1.54) is 12.2 Å². The number of fused-ring (bicyclic) bond motifs is 2. The highest BCUT2D eigenvalue weighted by Crippen LogP contribution is 2.47. The molecule has 0 radical (unpaired) electrons. The molecule has 2 atom stereocenters. The Bertz CT molecular complexity index is 318. The Balaban J connectivity index is 0.00000128. The van der Waals surface area contributed by atoms with Crippen molar-refractivity contribution in [3.8, 4) is 0 Å². The number of rotatable bonds is 2. The molecule has 0 aromatic rings. The Morgan fingerprint density at radius 2 is 1.44 bits per heavy atom. The van der Waals surface area contributed by atoms with Crippen molar-refractivity contribution in [1.29, 1.82) is 0 Å². The molecule has 2 aliphatic rings. The van der Waals surface area contributed by atoms with E-state index in [9.17, 15) is 9.59 Å². The lowest BCUT2D eigenvalue weighted by Gasteiger charge is -2.22. The molecule has 16 heavy (non-hydrogen) atoms. The largest absolute Gasteiger partial charge is 0.508 e. The minimum Gasteiger partial charge on any atom is -0.450 e. The van der Waals surface area contributed by atoms with Gasteiger partial charge in [-0.15, -0.1) is 0 Å². The fourth-order valence-electron chi connectivity index (χ4n) is 1.74. The van der Waals surface area contributed by atoms with E-state index in [0.717, 1.165) is 0 Å². The van der Waals surface area contributed by atoms with Crippen molar-refractivity contribution in [2.45, 2.75) is 24.4 Å². The lowest BCUT2D eigenvalue weighted by atomic mass is 10.0. The van der Waals surface area contributed by atoms with Gasteiger partial charge in [0.25, 0.3) is 0 Å². The van der Waals surface area contributed by atoms with Gasteiger partial charge in [0, 0.05) is 12.8 Å². The van der Waals surface area contributed by atoms with E-state index in [-0.39, 0.29) is 18.3 Å². The first-order valence-corrected chi connectivity index (χ1v) is 4.20. The zero-order valence-corrected chi connectivity index (χ0v) is 8.00. The number of carbonyl (C=O) groups is 2. The average molecular weight is 234 g/mol. The number of carboxylic acid groups (broad SMARTS) is 2. The van der Waals surface area contributed by atoms with Crippen molar-refractivity contribution in [2.24, 2.45) is 0 Å². The first-order chi connectivity index (χ1) is 6.95. The van der Waals surface area contributed by atoms with E-state index in [4.69, 9.17) is 14.9 Å². The second kappa shape index (κ2) is 3.65. The van der Waals surface area contributed by atoms with Gasteiger partial charge >= 0.3 is 12.3 Å². The number of ether oxygens (including phenoxy) is 3. The minimum absolute atomic E-state index is 0. The summed E-state index contributed by atoms with van der Waals surface area (Å²) in [6.07, 6.45) is 0.230. The van der Waals surface area contributed by atoms with Crippen LogP contribution in [-0.2, 0) is 14.2 Å². The second-order valence-corrected chi connectivity index (χ2v) is 3.30. The molecule has 2 heterocycles. The van der Waals surface area contributed by atoms with Crippen LogP contribution in [-0.4, -0.2) is 39.6 Å². The molecule has 0 amide bonds. The van der Waals surface area contributed by atoms with Crippen molar-refractivity contribution < 1.29 is 39.5 Å². The Labute approximate surface area is 89.3 Å². The molecule has 2 unspecified atom stereocenters. The van der Waals surface area contributed by atoms with Gasteiger partial charge in [-0.3, -0.25) is 4.74 Å². The molecule has 1 saturated heterocycles. The van der Waals surface area contributed by atoms with Crippen LogP contribution >= 0.6 is 0 Å². The molecule has 0 aromatic heterocycles. The highest BCUT2D eigenvalue weighted by Gasteiger charge is 2.57. The first-order valence-electron chi connectivity index (χ1n) is 4.20. The van der Waals surface area contributed by atoms with E-state index in [0.29, 0.717) is 0 Å². The Morgan fingerprint density at radius 3 is 1.69 bits per heavy atom. The molecule has 0 saturated carbocycles. The van der Waals surface area contributed by atoms with Crippen LogP contribution in [0.15, 0.2) is 12.2 Å². The summed E-state index contributed by atoms with van der Waals surface area (Å²) in [4.78, 5) is 20.7. The van der Waals surface area contributed by atoms with Crippen molar-refractivity contribution in [2.75, 3.05) is 0 Å². The fourth-order valence-corrected chi connectivity index (χ4v) is 1.74. The molecule has 2 bridgehead atoms. The normalized spacial score (nSPS) is 34.2. The predicted octanol–water partition coefficient (Wildman–Crippen LogP) is 0.324. The molecule has 0 aromatic carbocycles. The van der Waals surface area contributed by atoms with Crippen LogP contribution in [0.4, 0.5) is 9.59 Å². The maximum absolute atomic E-state index is 10.4. The Morgan fingerprint density at radius 1 is 1.06 bits per heavy atom. The standard InChI is InChI=1S/C8H8O7.H2O/c9-5(10)13-7-1-2-8(15-7,4-3-7)14-6(11)12;/h1-2H,3-4H2,(H,9,10)(H,11,12);1H2. The quantitative estimate of drug-likeness (QED) is 0.519. The van der Waals surface area contributed by atoms with Gasteiger partial charge in [-0.25, -0.2) is 9.59 Å². The van der Waals surface area contributed by atoms with Gasteiger partial charge in [0.05, 0.1) is 0 Å². The third-order valence-electron chi connectivity index (χ3n) is 2.28. The van der Waals surface area contributed by atoms with Crippen LogP contribution in [0.25, 0.3) is 0 Å². The summed E-state index contributed by atoms with van der Waals surface area (Å²) in [6, 6.07) is 0. The SMILES string of the molecule is O.O=C(O)OC12C=CC(OC(=O)O)(CC1)O2. The topological polar surface area (TPSA) is 134 Å². The van der Waals surface area contributed by atoms with Crippen LogP contribution < -0.4 is 0 Å². The first kappa shape index (κ1) is 12.3. The highest BCUT2D eigenvalue weighted by atomic mass is 16.8. The molecule has 90 valence electrons. The molecule has 0 aliphatic carbocycles. The van der Waals surface area contributed by atoms with Gasteiger partial charge in [0.15, 0.2) is 0 Å². The molecule has 1 fully saturated rings. The number of hydrogen-bond donors (Lipinski definition) is 2. The predicted molar refractivity (Wildman–Crippen MR) is 46.8 cm³/mol. The maximum atomic E-state index is 10.4. The smallest absolute Gasteiger partial charge is 0.450 e. The summed E-state index contributed by atoms with van der Waals surface area (Å²) < 4.78 is 14.2. The van der Waals surface area contributed by atoms with E-state index in [2.05, 4.69) is 9.47 Å². The highest BCUT2D eigenvalue weighted by molar-refractivity contribution is 5.59. The van der Waals surface area contributed by atoms with Crippen LogP contribution in [0.5, 0.6) is 0 Å². The summed E-state index contributed by atoms with van der Waals surface area (Å²) in [6.45, 7) is 0. The van der Waals surface area contributed by atoms with Crippen LogP contribution in [0.3, 0.4) is 0 Å². The monoisotopic (exact) mass is 234 g/mol. The van der Waals surface area contributed by atoms with Crippen molar-refractivity contribution in [1.82, 2.24) is 0 Å². The third-order valence-corrected chi connectivity index (χ3v) is 2.28. The third kappa shape index (κ3) is 1.92. The molecule has 2 aliphatic heterocycles. The van der Waals surface area contributed by atoms with Gasteiger partial charge in [-0.05, 0) is 12.2 Å². The maximum Gasteiger partial charge on any atom is 0.508 e. The van der Waals surface area contributed by atoms with Crippen molar-refractivity contribution in [3.05, 3.63) is 12.2 Å². The molecule has 8 nitrogen and oxygen atoms in total. The minimum atomic E-state index is -1.48. The molecular formula is C8H10O8. The summed E-state index contributed by atoms with van der Waals surface area (Å²) in [5.41, 5.74) is 0. The Hall–Kier alpha value is -1.80. The Kier molecular flexibility index (Phi) is 2.80. The van der Waals surface area contributed by atoms with Gasteiger partial charge in [-0.1, -0.05) is 0 Å².